The van der Waals surface area contributed by atoms with Crippen LogP contribution in [0.2, 0.25) is 0 Å². The second kappa shape index (κ2) is 8.07. The van der Waals surface area contributed by atoms with Gasteiger partial charge >= 0.3 is 5.97 Å². The Labute approximate surface area is 170 Å². The van der Waals surface area contributed by atoms with Gasteiger partial charge in [0.25, 0.3) is 5.91 Å². The molecule has 150 valence electrons. The van der Waals surface area contributed by atoms with Crippen LogP contribution in [0.15, 0.2) is 59.7 Å². The lowest BCUT2D eigenvalue weighted by atomic mass is 9.98. The monoisotopic (exact) mass is 392 g/mol. The van der Waals surface area contributed by atoms with Crippen molar-refractivity contribution in [3.8, 4) is 5.75 Å². The summed E-state index contributed by atoms with van der Waals surface area (Å²) in [7, 11) is 1.62. The molecule has 29 heavy (non-hydrogen) atoms. The van der Waals surface area contributed by atoms with Crippen LogP contribution in [0, 0.1) is 11.8 Å². The summed E-state index contributed by atoms with van der Waals surface area (Å²) in [6, 6.07) is 17.2. The lowest BCUT2D eigenvalue weighted by Crippen LogP contribution is -2.31. The fourth-order valence-electron chi connectivity index (χ4n) is 3.59. The number of hydrazone groups is 1. The van der Waals surface area contributed by atoms with E-state index in [1.54, 1.807) is 7.11 Å². The average Bonchev–Trinajstić information content (AvgIpc) is 3.33. The van der Waals surface area contributed by atoms with Crippen molar-refractivity contribution in [1.82, 2.24) is 5.01 Å². The van der Waals surface area contributed by atoms with Crippen LogP contribution in [0.3, 0.4) is 0 Å². The number of benzene rings is 2. The molecule has 2 aromatic carbocycles. The summed E-state index contributed by atoms with van der Waals surface area (Å²) in [5.74, 6) is 0.416. The molecule has 0 N–H and O–H groups in total. The van der Waals surface area contributed by atoms with Gasteiger partial charge in [-0.05, 0) is 35.6 Å². The Morgan fingerprint density at radius 1 is 1.10 bits per heavy atom. The van der Waals surface area contributed by atoms with Gasteiger partial charge in [-0.3, -0.25) is 9.59 Å². The number of ether oxygens (including phenoxy) is 2. The van der Waals surface area contributed by atoms with Crippen LogP contribution < -0.4 is 4.74 Å². The Kier molecular flexibility index (Phi) is 5.34. The molecule has 2 aromatic rings. The molecular formula is C23H24N2O4. The molecule has 0 aromatic heterocycles. The van der Waals surface area contributed by atoms with Crippen LogP contribution in [0.4, 0.5) is 0 Å². The zero-order chi connectivity index (χ0) is 20.4. The number of nitrogens with zero attached hydrogens (tertiary/aromatic N) is 2. The molecule has 1 fully saturated rings. The third-order valence-electron chi connectivity index (χ3n) is 5.52. The molecule has 0 bridgehead atoms. The Morgan fingerprint density at radius 2 is 1.79 bits per heavy atom. The van der Waals surface area contributed by atoms with Crippen molar-refractivity contribution in [3.63, 3.8) is 0 Å². The van der Waals surface area contributed by atoms with Gasteiger partial charge in [-0.2, -0.15) is 5.10 Å². The van der Waals surface area contributed by atoms with Gasteiger partial charge < -0.3 is 9.47 Å². The molecule has 1 amide bonds. The van der Waals surface area contributed by atoms with Gasteiger partial charge in [0, 0.05) is 6.42 Å². The minimum atomic E-state index is -0.321. The summed E-state index contributed by atoms with van der Waals surface area (Å²) in [6.45, 7) is 1.71. The van der Waals surface area contributed by atoms with E-state index >= 15 is 0 Å². The molecule has 1 aliphatic carbocycles. The highest BCUT2D eigenvalue weighted by Crippen LogP contribution is 2.39. The number of carbonyl (C=O) groups excluding carboxylic acids is 2. The second-order valence-electron chi connectivity index (χ2n) is 7.57. The van der Waals surface area contributed by atoms with Crippen molar-refractivity contribution in [1.29, 1.82) is 0 Å². The van der Waals surface area contributed by atoms with Crippen molar-refractivity contribution in [2.75, 3.05) is 13.7 Å². The highest BCUT2D eigenvalue weighted by molar-refractivity contribution is 6.03. The summed E-state index contributed by atoms with van der Waals surface area (Å²) in [5.41, 5.74) is 2.77. The maximum Gasteiger partial charge on any atom is 0.309 e. The summed E-state index contributed by atoms with van der Waals surface area (Å²) in [4.78, 5) is 24.9. The predicted octanol–water partition coefficient (Wildman–Crippen LogP) is 3.57. The third kappa shape index (κ3) is 4.16. The van der Waals surface area contributed by atoms with E-state index in [1.807, 2.05) is 61.5 Å². The Morgan fingerprint density at radius 3 is 2.41 bits per heavy atom. The van der Waals surface area contributed by atoms with E-state index < -0.39 is 0 Å². The number of amides is 1. The van der Waals surface area contributed by atoms with E-state index in [4.69, 9.17) is 9.47 Å². The van der Waals surface area contributed by atoms with E-state index in [-0.39, 0.29) is 30.4 Å². The summed E-state index contributed by atoms with van der Waals surface area (Å²) < 4.78 is 10.5. The zero-order valence-electron chi connectivity index (χ0n) is 16.6. The van der Waals surface area contributed by atoms with E-state index in [9.17, 15) is 9.59 Å². The van der Waals surface area contributed by atoms with Gasteiger partial charge in [0.05, 0.1) is 24.8 Å². The Balaban J connectivity index is 1.53. The number of esters is 1. The lowest BCUT2D eigenvalue weighted by molar-refractivity contribution is -0.154. The minimum Gasteiger partial charge on any atom is -0.497 e. The van der Waals surface area contributed by atoms with Crippen LogP contribution in [0.25, 0.3) is 0 Å². The van der Waals surface area contributed by atoms with Gasteiger partial charge in [0.15, 0.2) is 6.61 Å². The first kappa shape index (κ1) is 19.2. The normalized spacial score (nSPS) is 22.8. The Bertz CT molecular complexity index is 924. The van der Waals surface area contributed by atoms with Gasteiger partial charge in [-0.1, -0.05) is 49.4 Å². The molecule has 1 saturated carbocycles. The number of carbonyl (C=O) groups is 2. The van der Waals surface area contributed by atoms with Gasteiger partial charge in [-0.15, -0.1) is 0 Å². The van der Waals surface area contributed by atoms with Crippen LogP contribution in [-0.2, 0) is 14.3 Å². The topological polar surface area (TPSA) is 68.2 Å². The smallest absolute Gasteiger partial charge is 0.309 e. The molecule has 0 radical (unpaired) electrons. The van der Waals surface area contributed by atoms with Crippen molar-refractivity contribution in [2.45, 2.75) is 25.8 Å². The molecule has 0 unspecified atom stereocenters. The van der Waals surface area contributed by atoms with E-state index in [0.717, 1.165) is 29.0 Å². The zero-order valence-corrected chi connectivity index (χ0v) is 16.6. The van der Waals surface area contributed by atoms with Crippen LogP contribution in [0.1, 0.15) is 36.9 Å². The van der Waals surface area contributed by atoms with Crippen LogP contribution in [-0.4, -0.2) is 36.3 Å². The van der Waals surface area contributed by atoms with E-state index in [2.05, 4.69) is 5.10 Å². The number of rotatable bonds is 6. The molecule has 2 aliphatic rings. The fraction of sp³-hybridized carbons (Fsp3) is 0.348. The number of hydrogen-bond acceptors (Lipinski definition) is 5. The molecule has 6 heteroatoms. The summed E-state index contributed by atoms with van der Waals surface area (Å²) in [6.07, 6.45) is 1.43. The molecule has 0 spiro atoms. The van der Waals surface area contributed by atoms with Crippen molar-refractivity contribution in [2.24, 2.45) is 16.9 Å². The molecule has 1 heterocycles. The molecule has 4 rings (SSSR count). The van der Waals surface area contributed by atoms with Crippen LogP contribution >= 0.6 is 0 Å². The highest BCUT2D eigenvalue weighted by Gasteiger charge is 2.41. The first-order chi connectivity index (χ1) is 14.1. The molecular weight excluding hydrogens is 368 g/mol. The van der Waals surface area contributed by atoms with Gasteiger partial charge in [-0.25, -0.2) is 5.01 Å². The van der Waals surface area contributed by atoms with Crippen molar-refractivity contribution in [3.05, 3.63) is 65.7 Å². The SMILES string of the molecule is COc1ccc([C@@H]2CC(c3ccccc3)=NN2C(=O)COC(=O)[C@H]2C[C@@H]2C)cc1. The molecule has 1 aliphatic heterocycles. The standard InChI is InChI=1S/C23H24N2O4/c1-15-12-19(15)23(27)29-14-22(26)25-21(17-8-10-18(28-2)11-9-17)13-20(24-25)16-6-4-3-5-7-16/h3-11,15,19,21H,12-14H2,1-2H3/t15-,19-,21-/m0/s1. The largest absolute Gasteiger partial charge is 0.497 e. The van der Waals surface area contributed by atoms with Gasteiger partial charge in [0.1, 0.15) is 5.75 Å². The second-order valence-corrected chi connectivity index (χ2v) is 7.57. The Hall–Kier alpha value is -3.15. The maximum atomic E-state index is 12.9. The lowest BCUT2D eigenvalue weighted by Gasteiger charge is -2.22. The first-order valence-corrected chi connectivity index (χ1v) is 9.82. The molecule has 6 nitrogen and oxygen atoms in total. The highest BCUT2D eigenvalue weighted by atomic mass is 16.5. The quantitative estimate of drug-likeness (QED) is 0.705. The fourth-order valence-corrected chi connectivity index (χ4v) is 3.59. The summed E-state index contributed by atoms with van der Waals surface area (Å²) in [5, 5.41) is 6.04. The third-order valence-corrected chi connectivity index (χ3v) is 5.52. The van der Waals surface area contributed by atoms with Gasteiger partial charge in [0.2, 0.25) is 0 Å². The predicted molar refractivity (Wildman–Crippen MR) is 108 cm³/mol. The summed E-state index contributed by atoms with van der Waals surface area (Å²) >= 11 is 0. The van der Waals surface area contributed by atoms with Crippen molar-refractivity contribution >= 4 is 17.6 Å². The first-order valence-electron chi connectivity index (χ1n) is 9.82. The number of hydrogen-bond donors (Lipinski definition) is 0. The van der Waals surface area contributed by atoms with Crippen LogP contribution in [0.5, 0.6) is 5.75 Å². The number of methoxy groups -OCH3 is 1. The average molecular weight is 392 g/mol. The van der Waals surface area contributed by atoms with E-state index in [1.165, 1.54) is 5.01 Å². The minimum absolute atomic E-state index is 0.0675. The molecule has 0 saturated heterocycles. The molecule has 3 atom stereocenters. The van der Waals surface area contributed by atoms with Crippen molar-refractivity contribution < 1.29 is 19.1 Å². The van der Waals surface area contributed by atoms with E-state index in [0.29, 0.717) is 12.3 Å². The maximum absolute atomic E-state index is 12.9.